The minimum atomic E-state index is -0.339. The number of nitrogens with zero attached hydrogens (tertiary/aromatic N) is 3. The van der Waals surface area contributed by atoms with E-state index in [9.17, 15) is 5.11 Å². The summed E-state index contributed by atoms with van der Waals surface area (Å²) >= 11 is 7.65. The first-order chi connectivity index (χ1) is 15.1. The monoisotopic (exact) mass is 451 g/mol. The smallest absolute Gasteiger partial charge is 0.161 e. The first-order valence-electron chi connectivity index (χ1n) is 9.63. The number of para-hydroxylation sites is 1. The molecule has 8 heteroatoms. The van der Waals surface area contributed by atoms with Crippen molar-refractivity contribution in [2.24, 2.45) is 5.16 Å². The molecule has 1 atom stereocenters. The second-order valence-corrected chi connectivity index (χ2v) is 8.75. The van der Waals surface area contributed by atoms with Crippen molar-refractivity contribution in [3.8, 4) is 27.8 Å². The molecule has 0 bridgehead atoms. The molecule has 0 saturated carbocycles. The number of methoxy groups -OCH3 is 1. The number of aromatic hydroxyl groups is 1. The van der Waals surface area contributed by atoms with Gasteiger partial charge in [0.05, 0.1) is 27.7 Å². The van der Waals surface area contributed by atoms with Crippen LogP contribution < -0.4 is 4.74 Å². The summed E-state index contributed by atoms with van der Waals surface area (Å²) in [6.07, 6.45) is 2.12. The molecular formula is C23H18ClN3O3S. The number of oxime groups is 1. The summed E-state index contributed by atoms with van der Waals surface area (Å²) in [5.41, 5.74) is 3.91. The molecule has 1 N–H and O–H groups in total. The van der Waals surface area contributed by atoms with Gasteiger partial charge in [0.2, 0.25) is 0 Å². The van der Waals surface area contributed by atoms with Gasteiger partial charge in [0, 0.05) is 23.7 Å². The molecule has 0 radical (unpaired) electrons. The van der Waals surface area contributed by atoms with Crippen molar-refractivity contribution >= 4 is 28.6 Å². The van der Waals surface area contributed by atoms with E-state index in [-0.39, 0.29) is 11.9 Å². The molecule has 156 valence electrons. The standard InChI is InChI=1S/C23H18ClN3O3S/c1-29-15-7-8-19(28)16(11-15)18-12-20(30-26-18)17-13-27(14-5-3-2-4-6-14)25-23(17)21-9-10-22(24)31-21/h2-11,13,20,28H,12H2,1H3. The largest absolute Gasteiger partial charge is 0.507 e. The molecule has 31 heavy (non-hydrogen) atoms. The number of aromatic nitrogens is 2. The summed E-state index contributed by atoms with van der Waals surface area (Å²) in [5, 5.41) is 19.4. The van der Waals surface area contributed by atoms with Gasteiger partial charge < -0.3 is 14.7 Å². The Morgan fingerprint density at radius 2 is 2.00 bits per heavy atom. The number of hydrogen-bond donors (Lipinski definition) is 1. The van der Waals surface area contributed by atoms with Gasteiger partial charge in [0.15, 0.2) is 6.10 Å². The molecule has 1 aliphatic heterocycles. The van der Waals surface area contributed by atoms with Crippen LogP contribution in [0.1, 0.15) is 23.7 Å². The van der Waals surface area contributed by atoms with Gasteiger partial charge in [-0.15, -0.1) is 11.3 Å². The molecule has 5 rings (SSSR count). The maximum atomic E-state index is 10.3. The van der Waals surface area contributed by atoms with Crippen molar-refractivity contribution in [1.29, 1.82) is 0 Å². The molecule has 0 aliphatic carbocycles. The maximum Gasteiger partial charge on any atom is 0.161 e. The van der Waals surface area contributed by atoms with E-state index in [0.29, 0.717) is 27.8 Å². The number of hydrogen-bond acceptors (Lipinski definition) is 6. The predicted octanol–water partition coefficient (Wildman–Crippen LogP) is 5.83. The summed E-state index contributed by atoms with van der Waals surface area (Å²) in [5.74, 6) is 0.777. The highest BCUT2D eigenvalue weighted by Gasteiger charge is 2.30. The molecule has 0 fully saturated rings. The van der Waals surface area contributed by atoms with E-state index < -0.39 is 0 Å². The van der Waals surface area contributed by atoms with Crippen LogP contribution in [0.4, 0.5) is 0 Å². The fourth-order valence-corrected chi connectivity index (χ4v) is 4.60. The maximum absolute atomic E-state index is 10.3. The van der Waals surface area contributed by atoms with Crippen LogP contribution >= 0.6 is 22.9 Å². The number of phenolic OH excluding ortho intramolecular Hbond substituents is 1. The third-order valence-electron chi connectivity index (χ3n) is 5.10. The minimum absolute atomic E-state index is 0.133. The van der Waals surface area contributed by atoms with E-state index in [4.69, 9.17) is 26.3 Å². The molecule has 3 heterocycles. The van der Waals surface area contributed by atoms with Crippen molar-refractivity contribution in [3.63, 3.8) is 0 Å². The van der Waals surface area contributed by atoms with Crippen molar-refractivity contribution < 1.29 is 14.7 Å². The zero-order chi connectivity index (χ0) is 21.4. The van der Waals surface area contributed by atoms with Crippen LogP contribution in [0.25, 0.3) is 16.3 Å². The highest BCUT2D eigenvalue weighted by atomic mass is 35.5. The van der Waals surface area contributed by atoms with Gasteiger partial charge in [-0.05, 0) is 42.5 Å². The first kappa shape index (κ1) is 19.7. The van der Waals surface area contributed by atoms with Crippen molar-refractivity contribution in [2.75, 3.05) is 7.11 Å². The molecule has 2 aromatic heterocycles. The molecule has 6 nitrogen and oxygen atoms in total. The predicted molar refractivity (Wildman–Crippen MR) is 122 cm³/mol. The topological polar surface area (TPSA) is 68.9 Å². The summed E-state index contributed by atoms with van der Waals surface area (Å²) < 4.78 is 7.81. The number of benzene rings is 2. The molecule has 0 amide bonds. The van der Waals surface area contributed by atoms with Crippen molar-refractivity contribution in [2.45, 2.75) is 12.5 Å². The summed E-state index contributed by atoms with van der Waals surface area (Å²) in [6, 6.07) is 18.8. The molecule has 4 aromatic rings. The van der Waals surface area contributed by atoms with Crippen molar-refractivity contribution in [1.82, 2.24) is 9.78 Å². The van der Waals surface area contributed by atoms with Gasteiger partial charge >= 0.3 is 0 Å². The Balaban J connectivity index is 1.51. The van der Waals surface area contributed by atoms with Crippen LogP contribution in [0, 0.1) is 0 Å². The molecule has 1 unspecified atom stereocenters. The molecule has 0 saturated heterocycles. The SMILES string of the molecule is COc1ccc(O)c(C2=NOC(c3cn(-c4ccccc4)nc3-c3ccc(Cl)s3)C2)c1. The molecule has 1 aliphatic rings. The Hall–Kier alpha value is -3.29. The Bertz CT molecular complexity index is 1270. The Morgan fingerprint density at radius 1 is 1.16 bits per heavy atom. The van der Waals surface area contributed by atoms with E-state index in [1.165, 1.54) is 11.3 Å². The summed E-state index contributed by atoms with van der Waals surface area (Å²) in [4.78, 5) is 6.76. The van der Waals surface area contributed by atoms with Crippen molar-refractivity contribution in [3.05, 3.63) is 82.3 Å². The zero-order valence-electron chi connectivity index (χ0n) is 16.5. The van der Waals surface area contributed by atoms with E-state index in [0.717, 1.165) is 21.8 Å². The van der Waals surface area contributed by atoms with Gasteiger partial charge in [0.25, 0.3) is 0 Å². The molecule has 2 aromatic carbocycles. The number of ether oxygens (including phenoxy) is 1. The average molecular weight is 452 g/mol. The van der Waals surface area contributed by atoms with E-state index in [2.05, 4.69) is 5.16 Å². The number of phenols is 1. The highest BCUT2D eigenvalue weighted by Crippen LogP contribution is 2.40. The third kappa shape index (κ3) is 3.78. The van der Waals surface area contributed by atoms with E-state index in [1.54, 1.807) is 25.3 Å². The minimum Gasteiger partial charge on any atom is -0.507 e. The molecule has 0 spiro atoms. The fourth-order valence-electron chi connectivity index (χ4n) is 3.55. The summed E-state index contributed by atoms with van der Waals surface area (Å²) in [6.45, 7) is 0. The first-order valence-corrected chi connectivity index (χ1v) is 10.8. The van der Waals surface area contributed by atoms with Gasteiger partial charge in [-0.1, -0.05) is 35.0 Å². The molecular weight excluding hydrogens is 434 g/mol. The average Bonchev–Trinajstić information content (AvgIpc) is 3.54. The summed E-state index contributed by atoms with van der Waals surface area (Å²) in [7, 11) is 1.59. The Labute approximate surface area is 187 Å². The van der Waals surface area contributed by atoms with Crippen LogP contribution in [0.2, 0.25) is 4.34 Å². The lowest BCUT2D eigenvalue weighted by molar-refractivity contribution is 0.0861. The van der Waals surface area contributed by atoms with Crippen LogP contribution in [0.3, 0.4) is 0 Å². The number of thiophene rings is 1. The van der Waals surface area contributed by atoms with Crippen LogP contribution in [-0.4, -0.2) is 27.7 Å². The lowest BCUT2D eigenvalue weighted by Crippen LogP contribution is -2.03. The second-order valence-electron chi connectivity index (χ2n) is 7.04. The normalized spacial score (nSPS) is 15.5. The third-order valence-corrected chi connectivity index (χ3v) is 6.34. The Kier molecular flexibility index (Phi) is 5.13. The number of halogens is 1. The lowest BCUT2D eigenvalue weighted by atomic mass is 9.99. The Morgan fingerprint density at radius 3 is 2.74 bits per heavy atom. The van der Waals surface area contributed by atoms with Gasteiger partial charge in [-0.2, -0.15) is 5.10 Å². The van der Waals surface area contributed by atoms with Crippen LogP contribution in [-0.2, 0) is 4.84 Å². The van der Waals surface area contributed by atoms with E-state index in [1.807, 2.05) is 53.3 Å². The van der Waals surface area contributed by atoms with Gasteiger partial charge in [-0.3, -0.25) is 0 Å². The number of rotatable bonds is 5. The van der Waals surface area contributed by atoms with E-state index >= 15 is 0 Å². The lowest BCUT2D eigenvalue weighted by Gasteiger charge is -2.08. The second kappa shape index (κ2) is 8.09. The van der Waals surface area contributed by atoms with Gasteiger partial charge in [-0.25, -0.2) is 4.68 Å². The zero-order valence-corrected chi connectivity index (χ0v) is 18.1. The van der Waals surface area contributed by atoms with Crippen LogP contribution in [0.5, 0.6) is 11.5 Å². The van der Waals surface area contributed by atoms with Crippen LogP contribution in [0.15, 0.2) is 72.0 Å². The fraction of sp³-hybridized carbons (Fsp3) is 0.130. The van der Waals surface area contributed by atoms with Gasteiger partial charge in [0.1, 0.15) is 17.2 Å². The quantitative estimate of drug-likeness (QED) is 0.414. The highest BCUT2D eigenvalue weighted by molar-refractivity contribution is 7.19.